The molecular weight excluding hydrogens is 430 g/mol. The number of esters is 2. The summed E-state index contributed by atoms with van der Waals surface area (Å²) in [5.74, 6) is -1.16. The van der Waals surface area contributed by atoms with Gasteiger partial charge in [-0.05, 0) is 37.6 Å². The predicted molar refractivity (Wildman–Crippen MR) is 134 cm³/mol. The van der Waals surface area contributed by atoms with Crippen LogP contribution in [-0.4, -0.2) is 24.3 Å². The second kappa shape index (κ2) is 15.9. The number of ether oxygens (including phenoxy) is 2. The molecule has 34 heavy (non-hydrogen) atoms. The Bertz CT molecular complexity index is 854. The largest absolute Gasteiger partial charge is 0.462 e. The van der Waals surface area contributed by atoms with E-state index < -0.39 is 11.8 Å². The highest BCUT2D eigenvalue weighted by Gasteiger charge is 2.24. The molecule has 1 aromatic rings. The Balaban J connectivity index is 1.57. The van der Waals surface area contributed by atoms with Gasteiger partial charge in [0.1, 0.15) is 11.3 Å². The summed E-state index contributed by atoms with van der Waals surface area (Å²) < 4.78 is 10.3. The van der Waals surface area contributed by atoms with Gasteiger partial charge in [-0.1, -0.05) is 77.6 Å². The Morgan fingerprint density at radius 2 is 1.44 bits per heavy atom. The fourth-order valence-corrected chi connectivity index (χ4v) is 3.77. The lowest BCUT2D eigenvalue weighted by Crippen LogP contribution is -2.20. The first-order valence-electron chi connectivity index (χ1n) is 12.7. The normalized spacial score (nSPS) is 14.6. The average Bonchev–Trinajstić information content (AvgIpc) is 2.81. The van der Waals surface area contributed by atoms with Gasteiger partial charge in [0, 0.05) is 18.0 Å². The van der Waals surface area contributed by atoms with Crippen LogP contribution in [0.2, 0.25) is 0 Å². The van der Waals surface area contributed by atoms with E-state index in [1.807, 2.05) is 0 Å². The first-order valence-corrected chi connectivity index (χ1v) is 12.7. The van der Waals surface area contributed by atoms with Crippen LogP contribution in [0.4, 0.5) is 5.69 Å². The highest BCUT2D eigenvalue weighted by molar-refractivity contribution is 6.23. The molecule has 1 N–H and O–H groups in total. The minimum atomic E-state index is -0.685. The van der Waals surface area contributed by atoms with E-state index in [1.54, 1.807) is 31.2 Å². The number of nitrogens with one attached hydrogen (secondary N) is 1. The van der Waals surface area contributed by atoms with Crippen LogP contribution in [-0.2, 0) is 19.1 Å². The van der Waals surface area contributed by atoms with Gasteiger partial charge in [0.25, 0.3) is 0 Å². The molecule has 0 atom stereocenters. The van der Waals surface area contributed by atoms with Crippen molar-refractivity contribution in [2.45, 2.75) is 90.9 Å². The summed E-state index contributed by atoms with van der Waals surface area (Å²) >= 11 is 0. The van der Waals surface area contributed by atoms with Crippen molar-refractivity contribution in [2.75, 3.05) is 11.9 Å². The van der Waals surface area contributed by atoms with Gasteiger partial charge < -0.3 is 14.8 Å². The van der Waals surface area contributed by atoms with Gasteiger partial charge in [-0.3, -0.25) is 4.79 Å². The van der Waals surface area contributed by atoms with Crippen LogP contribution in [0.25, 0.3) is 0 Å². The molecule has 0 radical (unpaired) electrons. The first-order chi connectivity index (χ1) is 16.5. The van der Waals surface area contributed by atoms with E-state index >= 15 is 0 Å². The van der Waals surface area contributed by atoms with Crippen molar-refractivity contribution in [3.8, 4) is 0 Å². The molecule has 0 saturated heterocycles. The standard InChI is InChI=1S/C28H39NO5/c1-3-4-5-6-7-8-9-10-11-12-13-14-19-33-27(31)23-15-17-24(18-16-23)29-21-25-26(30)20-22(2)34-28(25)32/h15-18,20-21,29H,3-14,19H2,1-2H3. The molecule has 0 aliphatic carbocycles. The molecule has 0 bridgehead atoms. The summed E-state index contributed by atoms with van der Waals surface area (Å²) in [4.78, 5) is 35.9. The maximum Gasteiger partial charge on any atom is 0.348 e. The van der Waals surface area contributed by atoms with Crippen LogP contribution in [0, 0.1) is 0 Å². The van der Waals surface area contributed by atoms with Gasteiger partial charge in [-0.25, -0.2) is 9.59 Å². The molecule has 186 valence electrons. The third-order valence-corrected chi connectivity index (χ3v) is 5.81. The van der Waals surface area contributed by atoms with Gasteiger partial charge in [0.15, 0.2) is 5.78 Å². The van der Waals surface area contributed by atoms with E-state index in [9.17, 15) is 14.4 Å². The summed E-state index contributed by atoms with van der Waals surface area (Å²) in [6.45, 7) is 4.23. The number of carbonyl (C=O) groups excluding carboxylic acids is 3. The lowest BCUT2D eigenvalue weighted by Gasteiger charge is -2.12. The van der Waals surface area contributed by atoms with Crippen LogP contribution in [0.3, 0.4) is 0 Å². The monoisotopic (exact) mass is 469 g/mol. The molecule has 0 saturated carbocycles. The van der Waals surface area contributed by atoms with Crippen LogP contribution in [0.1, 0.15) is 101 Å². The number of cyclic esters (lactones) is 1. The summed E-state index contributed by atoms with van der Waals surface area (Å²) in [5, 5.41) is 2.89. The van der Waals surface area contributed by atoms with Gasteiger partial charge in [-0.2, -0.15) is 0 Å². The fraction of sp³-hybridized carbons (Fsp3) is 0.536. The second-order valence-electron chi connectivity index (χ2n) is 8.81. The van der Waals surface area contributed by atoms with Crippen molar-refractivity contribution < 1.29 is 23.9 Å². The number of ketones is 1. The van der Waals surface area contributed by atoms with E-state index in [0.29, 0.717) is 17.9 Å². The van der Waals surface area contributed by atoms with Crippen LogP contribution >= 0.6 is 0 Å². The van der Waals surface area contributed by atoms with E-state index in [-0.39, 0.29) is 17.3 Å². The van der Waals surface area contributed by atoms with Gasteiger partial charge >= 0.3 is 11.9 Å². The number of hydrogen-bond donors (Lipinski definition) is 1. The molecule has 0 aromatic heterocycles. The van der Waals surface area contributed by atoms with E-state index in [2.05, 4.69) is 12.2 Å². The minimum Gasteiger partial charge on any atom is -0.462 e. The van der Waals surface area contributed by atoms with E-state index in [0.717, 1.165) is 12.8 Å². The van der Waals surface area contributed by atoms with Crippen molar-refractivity contribution in [3.05, 3.63) is 53.4 Å². The van der Waals surface area contributed by atoms with Gasteiger partial charge in [-0.15, -0.1) is 0 Å². The molecule has 0 unspecified atom stereocenters. The number of benzene rings is 1. The van der Waals surface area contributed by atoms with Crippen molar-refractivity contribution >= 4 is 23.4 Å². The summed E-state index contributed by atoms with van der Waals surface area (Å²) in [5.41, 5.74) is 1.03. The summed E-state index contributed by atoms with van der Waals surface area (Å²) in [6, 6.07) is 6.68. The van der Waals surface area contributed by atoms with Crippen LogP contribution in [0.15, 0.2) is 47.9 Å². The zero-order chi connectivity index (χ0) is 24.6. The molecule has 2 rings (SSSR count). The van der Waals surface area contributed by atoms with E-state index in [4.69, 9.17) is 9.47 Å². The third kappa shape index (κ3) is 10.4. The van der Waals surface area contributed by atoms with Crippen LogP contribution in [0.5, 0.6) is 0 Å². The number of rotatable bonds is 16. The number of hydrogen-bond acceptors (Lipinski definition) is 6. The molecule has 0 fully saturated rings. The number of carbonyl (C=O) groups is 3. The smallest absolute Gasteiger partial charge is 0.348 e. The minimum absolute atomic E-state index is 0.0727. The zero-order valence-corrected chi connectivity index (χ0v) is 20.7. The molecule has 0 spiro atoms. The summed E-state index contributed by atoms with van der Waals surface area (Å²) in [7, 11) is 0. The van der Waals surface area contributed by atoms with Gasteiger partial charge in [0.05, 0.1) is 12.2 Å². The Morgan fingerprint density at radius 1 is 0.882 bits per heavy atom. The molecule has 6 heteroatoms. The maximum atomic E-state index is 12.2. The lowest BCUT2D eigenvalue weighted by molar-refractivity contribution is -0.137. The molecule has 0 amide bonds. The highest BCUT2D eigenvalue weighted by atomic mass is 16.5. The van der Waals surface area contributed by atoms with E-state index in [1.165, 1.54) is 76.5 Å². The molecule has 1 aliphatic heterocycles. The highest BCUT2D eigenvalue weighted by Crippen LogP contribution is 2.16. The molecule has 6 nitrogen and oxygen atoms in total. The van der Waals surface area contributed by atoms with Gasteiger partial charge in [0.2, 0.25) is 0 Å². The molecule has 1 aromatic carbocycles. The zero-order valence-electron chi connectivity index (χ0n) is 20.7. The Morgan fingerprint density at radius 3 is 2.00 bits per heavy atom. The fourth-order valence-electron chi connectivity index (χ4n) is 3.77. The number of anilines is 1. The number of unbranched alkanes of at least 4 members (excludes halogenated alkanes) is 11. The SMILES string of the molecule is CCCCCCCCCCCCCCOC(=O)c1ccc(NC=C2C(=O)C=C(C)OC2=O)cc1. The average molecular weight is 470 g/mol. The Hall–Kier alpha value is -2.89. The summed E-state index contributed by atoms with van der Waals surface area (Å²) in [6.07, 6.45) is 17.8. The Kier molecular flexibility index (Phi) is 12.8. The topological polar surface area (TPSA) is 81.7 Å². The third-order valence-electron chi connectivity index (χ3n) is 5.81. The van der Waals surface area contributed by atoms with Crippen molar-refractivity contribution in [1.82, 2.24) is 0 Å². The first kappa shape index (κ1) is 27.4. The predicted octanol–water partition coefficient (Wildman–Crippen LogP) is 6.87. The lowest BCUT2D eigenvalue weighted by atomic mass is 10.1. The second-order valence-corrected chi connectivity index (χ2v) is 8.81. The van der Waals surface area contributed by atoms with Crippen LogP contribution < -0.4 is 5.32 Å². The number of allylic oxidation sites excluding steroid dienone is 2. The van der Waals surface area contributed by atoms with Crippen molar-refractivity contribution in [3.63, 3.8) is 0 Å². The Labute approximate surface area is 203 Å². The molecule has 1 aliphatic rings. The molecular formula is C28H39NO5. The maximum absolute atomic E-state index is 12.2. The van der Waals surface area contributed by atoms with Crippen molar-refractivity contribution in [2.24, 2.45) is 0 Å². The van der Waals surface area contributed by atoms with Crippen molar-refractivity contribution in [1.29, 1.82) is 0 Å². The quantitative estimate of drug-likeness (QED) is 0.123. The molecule has 1 heterocycles.